The van der Waals surface area contributed by atoms with Crippen molar-refractivity contribution in [1.82, 2.24) is 9.78 Å². The van der Waals surface area contributed by atoms with E-state index in [9.17, 15) is 15.0 Å². The largest absolute Gasteiger partial charge is 0.506 e. The first-order chi connectivity index (χ1) is 8.86. The summed E-state index contributed by atoms with van der Waals surface area (Å²) in [4.78, 5) is 12.3. The second-order valence-electron chi connectivity index (χ2n) is 5.50. The van der Waals surface area contributed by atoms with Gasteiger partial charge in [0.1, 0.15) is 11.4 Å². The summed E-state index contributed by atoms with van der Waals surface area (Å²) in [7, 11) is 0. The Bertz CT molecular complexity index is 647. The molecule has 0 aliphatic heterocycles. The maximum absolute atomic E-state index is 12.3. The molecule has 1 aromatic carbocycles. The quantitative estimate of drug-likeness (QED) is 0.770. The first kappa shape index (κ1) is 13.4. The molecule has 0 amide bonds. The summed E-state index contributed by atoms with van der Waals surface area (Å²) >= 11 is 0. The SMILES string of the molecule is CC(C)(C)c1[nH]n(-c2ccccc2O)c(=O)c1CO. The highest BCUT2D eigenvalue weighted by Gasteiger charge is 2.24. The van der Waals surface area contributed by atoms with Gasteiger partial charge in [-0.05, 0) is 12.1 Å². The molecule has 1 aromatic heterocycles. The Morgan fingerprint density at radius 1 is 1.26 bits per heavy atom. The fourth-order valence-corrected chi connectivity index (χ4v) is 2.06. The number of rotatable bonds is 2. The maximum Gasteiger partial charge on any atom is 0.277 e. The highest BCUT2D eigenvalue weighted by atomic mass is 16.3. The van der Waals surface area contributed by atoms with Crippen LogP contribution in [0, 0.1) is 0 Å². The number of nitrogens with one attached hydrogen (secondary N) is 1. The lowest BCUT2D eigenvalue weighted by atomic mass is 9.90. The lowest BCUT2D eigenvalue weighted by Crippen LogP contribution is -2.18. The molecule has 0 spiro atoms. The molecule has 3 N–H and O–H groups in total. The van der Waals surface area contributed by atoms with E-state index >= 15 is 0 Å². The molecular formula is C14H18N2O3. The van der Waals surface area contributed by atoms with E-state index in [2.05, 4.69) is 5.10 Å². The van der Waals surface area contributed by atoms with Gasteiger partial charge < -0.3 is 10.2 Å². The van der Waals surface area contributed by atoms with Crippen LogP contribution in [0.25, 0.3) is 5.69 Å². The van der Waals surface area contributed by atoms with Crippen molar-refractivity contribution in [2.24, 2.45) is 0 Å². The van der Waals surface area contributed by atoms with Crippen LogP contribution in [-0.4, -0.2) is 20.0 Å². The van der Waals surface area contributed by atoms with E-state index in [1.54, 1.807) is 18.2 Å². The number of hydrogen-bond donors (Lipinski definition) is 3. The number of phenolic OH excluding ortho intramolecular Hbond substituents is 1. The van der Waals surface area contributed by atoms with E-state index < -0.39 is 0 Å². The number of hydrogen-bond acceptors (Lipinski definition) is 3. The monoisotopic (exact) mass is 262 g/mol. The van der Waals surface area contributed by atoms with Gasteiger partial charge in [-0.3, -0.25) is 9.89 Å². The number of aliphatic hydroxyl groups is 1. The standard InChI is InChI=1S/C14H18N2O3/c1-14(2,3)12-9(8-17)13(19)16(15-12)10-6-4-5-7-11(10)18/h4-7,15,17-18H,8H2,1-3H3. The topological polar surface area (TPSA) is 78.2 Å². The first-order valence-corrected chi connectivity index (χ1v) is 6.10. The van der Waals surface area contributed by atoms with Crippen LogP contribution in [-0.2, 0) is 12.0 Å². The average molecular weight is 262 g/mol. The third-order valence-corrected chi connectivity index (χ3v) is 3.02. The Hall–Kier alpha value is -2.01. The fraction of sp³-hybridized carbons (Fsp3) is 0.357. The third kappa shape index (κ3) is 2.29. The van der Waals surface area contributed by atoms with Crippen molar-refractivity contribution in [1.29, 1.82) is 0 Å². The highest BCUT2D eigenvalue weighted by molar-refractivity contribution is 5.45. The van der Waals surface area contributed by atoms with Crippen LogP contribution in [0.1, 0.15) is 32.0 Å². The maximum atomic E-state index is 12.3. The molecule has 0 unspecified atom stereocenters. The molecule has 2 rings (SSSR count). The van der Waals surface area contributed by atoms with E-state index in [0.717, 1.165) is 0 Å². The minimum Gasteiger partial charge on any atom is -0.506 e. The molecule has 2 aromatic rings. The number of para-hydroxylation sites is 2. The zero-order valence-corrected chi connectivity index (χ0v) is 11.3. The number of aromatic amines is 1. The second-order valence-corrected chi connectivity index (χ2v) is 5.50. The van der Waals surface area contributed by atoms with Crippen molar-refractivity contribution in [3.05, 3.63) is 45.9 Å². The Labute approximate surface area is 111 Å². The van der Waals surface area contributed by atoms with Crippen LogP contribution in [0.15, 0.2) is 29.1 Å². The van der Waals surface area contributed by atoms with Gasteiger partial charge in [-0.15, -0.1) is 0 Å². The molecule has 0 bridgehead atoms. The van der Waals surface area contributed by atoms with E-state index in [1.807, 2.05) is 20.8 Å². The van der Waals surface area contributed by atoms with E-state index in [0.29, 0.717) is 16.9 Å². The first-order valence-electron chi connectivity index (χ1n) is 6.10. The average Bonchev–Trinajstić information content (AvgIpc) is 2.67. The van der Waals surface area contributed by atoms with E-state index in [1.165, 1.54) is 10.7 Å². The molecule has 0 fully saturated rings. The van der Waals surface area contributed by atoms with Crippen molar-refractivity contribution in [3.8, 4) is 11.4 Å². The highest BCUT2D eigenvalue weighted by Crippen LogP contribution is 2.25. The van der Waals surface area contributed by atoms with Gasteiger partial charge in [0.05, 0.1) is 12.2 Å². The fourth-order valence-electron chi connectivity index (χ4n) is 2.06. The van der Waals surface area contributed by atoms with Crippen LogP contribution in [0.3, 0.4) is 0 Å². The molecular weight excluding hydrogens is 244 g/mol. The van der Waals surface area contributed by atoms with Gasteiger partial charge in [0, 0.05) is 11.1 Å². The molecule has 0 radical (unpaired) electrons. The Balaban J connectivity index is 2.71. The summed E-state index contributed by atoms with van der Waals surface area (Å²) in [5.41, 5.74) is 0.734. The van der Waals surface area contributed by atoms with Crippen LogP contribution < -0.4 is 5.56 Å². The van der Waals surface area contributed by atoms with Crippen molar-refractivity contribution in [3.63, 3.8) is 0 Å². The summed E-state index contributed by atoms with van der Waals surface area (Å²) in [6.07, 6.45) is 0. The molecule has 0 aliphatic rings. The molecule has 0 aliphatic carbocycles. The summed E-state index contributed by atoms with van der Waals surface area (Å²) in [5.74, 6) is 0.01000. The number of benzene rings is 1. The Morgan fingerprint density at radius 2 is 1.89 bits per heavy atom. The molecule has 5 heteroatoms. The summed E-state index contributed by atoms with van der Waals surface area (Å²) in [5, 5.41) is 22.2. The molecule has 0 saturated carbocycles. The van der Waals surface area contributed by atoms with Crippen molar-refractivity contribution in [2.75, 3.05) is 0 Å². The predicted molar refractivity (Wildman–Crippen MR) is 72.7 cm³/mol. The number of H-pyrrole nitrogens is 1. The van der Waals surface area contributed by atoms with Crippen molar-refractivity contribution in [2.45, 2.75) is 32.8 Å². The summed E-state index contributed by atoms with van der Waals surface area (Å²) in [6.45, 7) is 5.52. The smallest absolute Gasteiger partial charge is 0.277 e. The number of aromatic hydroxyl groups is 1. The minimum absolute atomic E-state index is 0.01000. The van der Waals surface area contributed by atoms with E-state index in [-0.39, 0.29) is 23.3 Å². The molecule has 0 saturated heterocycles. The van der Waals surface area contributed by atoms with Crippen LogP contribution in [0.2, 0.25) is 0 Å². The molecule has 5 nitrogen and oxygen atoms in total. The molecule has 102 valence electrons. The van der Waals surface area contributed by atoms with Gasteiger partial charge in [-0.1, -0.05) is 32.9 Å². The van der Waals surface area contributed by atoms with Crippen LogP contribution in [0.4, 0.5) is 0 Å². The zero-order chi connectivity index (χ0) is 14.2. The predicted octanol–water partition coefficient (Wildman–Crippen LogP) is 1.66. The van der Waals surface area contributed by atoms with E-state index in [4.69, 9.17) is 0 Å². The normalized spacial score (nSPS) is 11.8. The minimum atomic E-state index is -0.339. The zero-order valence-electron chi connectivity index (χ0n) is 11.3. The van der Waals surface area contributed by atoms with Crippen molar-refractivity contribution >= 4 is 0 Å². The second kappa shape index (κ2) is 4.59. The Kier molecular flexibility index (Phi) is 3.24. The molecule has 1 heterocycles. The van der Waals surface area contributed by atoms with Crippen LogP contribution in [0.5, 0.6) is 5.75 Å². The lowest BCUT2D eigenvalue weighted by molar-refractivity contribution is 0.277. The van der Waals surface area contributed by atoms with Gasteiger partial charge in [-0.25, -0.2) is 4.68 Å². The number of aliphatic hydroxyl groups excluding tert-OH is 1. The van der Waals surface area contributed by atoms with Gasteiger partial charge >= 0.3 is 0 Å². The number of aromatic nitrogens is 2. The van der Waals surface area contributed by atoms with Gasteiger partial charge in [-0.2, -0.15) is 0 Å². The van der Waals surface area contributed by atoms with Gasteiger partial charge in [0.15, 0.2) is 0 Å². The molecule has 0 atom stereocenters. The molecule has 19 heavy (non-hydrogen) atoms. The van der Waals surface area contributed by atoms with Crippen molar-refractivity contribution < 1.29 is 10.2 Å². The van der Waals surface area contributed by atoms with Crippen LogP contribution >= 0.6 is 0 Å². The third-order valence-electron chi connectivity index (χ3n) is 3.02. The Morgan fingerprint density at radius 3 is 2.37 bits per heavy atom. The number of phenols is 1. The summed E-state index contributed by atoms with van der Waals surface area (Å²) in [6, 6.07) is 6.57. The van der Waals surface area contributed by atoms with Gasteiger partial charge in [0.25, 0.3) is 5.56 Å². The van der Waals surface area contributed by atoms with Gasteiger partial charge in [0.2, 0.25) is 0 Å². The number of nitrogens with zero attached hydrogens (tertiary/aromatic N) is 1. The summed E-state index contributed by atoms with van der Waals surface area (Å²) < 4.78 is 1.27. The lowest BCUT2D eigenvalue weighted by Gasteiger charge is -2.17.